The Balaban J connectivity index is 2.13. The highest BCUT2D eigenvalue weighted by Crippen LogP contribution is 2.29. The van der Waals surface area contributed by atoms with Crippen molar-refractivity contribution >= 4 is 5.91 Å². The summed E-state index contributed by atoms with van der Waals surface area (Å²) < 4.78 is 37.4. The number of hydrogen-bond donors (Lipinski definition) is 1. The van der Waals surface area contributed by atoms with Crippen LogP contribution in [0.4, 0.5) is 13.2 Å². The molecular weight excluding hydrogens is 269 g/mol. The first-order valence-corrected chi connectivity index (χ1v) is 6.56. The average Bonchev–Trinajstić information content (AvgIpc) is 2.86. The monoisotopic (exact) mass is 286 g/mol. The summed E-state index contributed by atoms with van der Waals surface area (Å²) in [5, 5.41) is 3.03. The van der Waals surface area contributed by atoms with Gasteiger partial charge in [0.2, 0.25) is 0 Å². The summed E-state index contributed by atoms with van der Waals surface area (Å²) in [6.45, 7) is 1.36. The molecule has 1 fully saturated rings. The van der Waals surface area contributed by atoms with Crippen molar-refractivity contribution in [2.75, 3.05) is 20.1 Å². The number of likely N-dealkylation sites (N-methyl/N-ethyl adjacent to an activating group) is 1. The minimum atomic E-state index is -4.37. The normalized spacial score (nSPS) is 19.4. The van der Waals surface area contributed by atoms with Crippen LogP contribution in [0.2, 0.25) is 0 Å². The average molecular weight is 286 g/mol. The molecule has 0 radical (unpaired) electrons. The Morgan fingerprint density at radius 2 is 2.00 bits per heavy atom. The summed E-state index contributed by atoms with van der Waals surface area (Å²) in [7, 11) is 1.82. The number of benzene rings is 1. The molecule has 1 amide bonds. The summed E-state index contributed by atoms with van der Waals surface area (Å²) in [4.78, 5) is 14.0. The summed E-state index contributed by atoms with van der Waals surface area (Å²) in [6, 6.07) is 4.53. The van der Waals surface area contributed by atoms with Gasteiger partial charge in [0.25, 0.3) is 5.91 Å². The van der Waals surface area contributed by atoms with Gasteiger partial charge in [0, 0.05) is 24.7 Å². The Morgan fingerprint density at radius 1 is 1.35 bits per heavy atom. The maximum absolute atomic E-state index is 12.5. The third kappa shape index (κ3) is 3.12. The van der Waals surface area contributed by atoms with Gasteiger partial charge >= 0.3 is 6.18 Å². The molecule has 0 saturated carbocycles. The lowest BCUT2D eigenvalue weighted by Gasteiger charge is -2.24. The van der Waals surface area contributed by atoms with E-state index in [1.807, 2.05) is 7.05 Å². The topological polar surface area (TPSA) is 32.3 Å². The molecule has 0 aliphatic carbocycles. The molecule has 110 valence electrons. The van der Waals surface area contributed by atoms with Gasteiger partial charge in [-0.25, -0.2) is 0 Å². The molecule has 20 heavy (non-hydrogen) atoms. The predicted molar refractivity (Wildman–Crippen MR) is 69.4 cm³/mol. The second kappa shape index (κ2) is 5.83. The van der Waals surface area contributed by atoms with Gasteiger partial charge in [0.15, 0.2) is 0 Å². The second-order valence-corrected chi connectivity index (χ2v) is 4.93. The highest BCUT2D eigenvalue weighted by Gasteiger charge is 2.32. The zero-order valence-electron chi connectivity index (χ0n) is 11.2. The van der Waals surface area contributed by atoms with E-state index in [1.165, 1.54) is 12.1 Å². The van der Waals surface area contributed by atoms with E-state index in [2.05, 4.69) is 5.32 Å². The molecule has 1 aromatic rings. The lowest BCUT2D eigenvalue weighted by molar-refractivity contribution is -0.137. The lowest BCUT2D eigenvalue weighted by atomic mass is 10.1. The van der Waals surface area contributed by atoms with Crippen molar-refractivity contribution in [3.8, 4) is 0 Å². The SMILES string of the molecule is CNC[C@@H]1CCCN1C(=O)c1ccc(C(F)(F)F)cc1. The van der Waals surface area contributed by atoms with Crippen LogP contribution in [0.1, 0.15) is 28.8 Å². The lowest BCUT2D eigenvalue weighted by Crippen LogP contribution is -2.40. The first-order valence-electron chi connectivity index (χ1n) is 6.56. The van der Waals surface area contributed by atoms with Crippen LogP contribution in [0.25, 0.3) is 0 Å². The van der Waals surface area contributed by atoms with E-state index >= 15 is 0 Å². The molecule has 1 saturated heterocycles. The van der Waals surface area contributed by atoms with E-state index < -0.39 is 11.7 Å². The molecule has 2 rings (SSSR count). The van der Waals surface area contributed by atoms with Crippen LogP contribution < -0.4 is 5.32 Å². The Morgan fingerprint density at radius 3 is 2.55 bits per heavy atom. The molecule has 1 heterocycles. The molecule has 0 spiro atoms. The maximum Gasteiger partial charge on any atom is 0.416 e. The number of carbonyl (C=O) groups excluding carboxylic acids is 1. The van der Waals surface area contributed by atoms with Crippen molar-refractivity contribution < 1.29 is 18.0 Å². The number of nitrogens with zero attached hydrogens (tertiary/aromatic N) is 1. The standard InChI is InChI=1S/C14H17F3N2O/c1-18-9-12-3-2-8-19(12)13(20)10-4-6-11(7-5-10)14(15,16)17/h4-7,12,18H,2-3,8-9H2,1H3/t12-/m0/s1. The van der Waals surface area contributed by atoms with E-state index in [0.29, 0.717) is 18.7 Å². The van der Waals surface area contributed by atoms with Crippen molar-refractivity contribution in [1.29, 1.82) is 0 Å². The smallest absolute Gasteiger partial charge is 0.334 e. The molecule has 0 aromatic heterocycles. The summed E-state index contributed by atoms with van der Waals surface area (Å²) in [5.41, 5.74) is -0.428. The van der Waals surface area contributed by atoms with Crippen LogP contribution in [-0.2, 0) is 6.18 Å². The molecule has 1 aliphatic rings. The van der Waals surface area contributed by atoms with Gasteiger partial charge in [-0.3, -0.25) is 4.79 Å². The van der Waals surface area contributed by atoms with Gasteiger partial charge in [-0.2, -0.15) is 13.2 Å². The van der Waals surface area contributed by atoms with Gasteiger partial charge in [0.1, 0.15) is 0 Å². The number of rotatable bonds is 3. The van der Waals surface area contributed by atoms with Crippen LogP contribution in [0, 0.1) is 0 Å². The zero-order valence-corrected chi connectivity index (χ0v) is 11.2. The number of halogens is 3. The van der Waals surface area contributed by atoms with Crippen molar-refractivity contribution in [2.24, 2.45) is 0 Å². The van der Waals surface area contributed by atoms with Gasteiger partial charge in [-0.05, 0) is 44.2 Å². The molecule has 0 unspecified atom stereocenters. The number of alkyl halides is 3. The van der Waals surface area contributed by atoms with E-state index in [4.69, 9.17) is 0 Å². The van der Waals surface area contributed by atoms with Crippen molar-refractivity contribution in [3.63, 3.8) is 0 Å². The largest absolute Gasteiger partial charge is 0.416 e. The molecule has 1 N–H and O–H groups in total. The van der Waals surface area contributed by atoms with Crippen molar-refractivity contribution in [2.45, 2.75) is 25.1 Å². The van der Waals surface area contributed by atoms with Crippen molar-refractivity contribution in [3.05, 3.63) is 35.4 Å². The fourth-order valence-corrected chi connectivity index (χ4v) is 2.52. The van der Waals surface area contributed by atoms with Gasteiger partial charge in [-0.15, -0.1) is 0 Å². The Labute approximate surface area is 115 Å². The molecule has 3 nitrogen and oxygen atoms in total. The molecule has 1 aliphatic heterocycles. The number of likely N-dealkylation sites (tertiary alicyclic amines) is 1. The highest BCUT2D eigenvalue weighted by atomic mass is 19.4. The Hall–Kier alpha value is -1.56. The Bertz CT molecular complexity index is 470. The summed E-state index contributed by atoms with van der Waals surface area (Å²) >= 11 is 0. The molecule has 1 aromatic carbocycles. The van der Waals surface area contributed by atoms with Crippen LogP contribution in [0.3, 0.4) is 0 Å². The summed E-state index contributed by atoms with van der Waals surface area (Å²) in [5.74, 6) is -0.198. The van der Waals surface area contributed by atoms with Gasteiger partial charge in [-0.1, -0.05) is 0 Å². The maximum atomic E-state index is 12.5. The number of carbonyl (C=O) groups is 1. The van der Waals surface area contributed by atoms with E-state index in [9.17, 15) is 18.0 Å². The zero-order chi connectivity index (χ0) is 14.8. The van der Waals surface area contributed by atoms with Crippen molar-refractivity contribution in [1.82, 2.24) is 10.2 Å². The second-order valence-electron chi connectivity index (χ2n) is 4.93. The number of nitrogens with one attached hydrogen (secondary N) is 1. The fraction of sp³-hybridized carbons (Fsp3) is 0.500. The van der Waals surface area contributed by atoms with Crippen LogP contribution in [-0.4, -0.2) is 37.0 Å². The van der Waals surface area contributed by atoms with E-state index in [-0.39, 0.29) is 11.9 Å². The van der Waals surface area contributed by atoms with Crippen LogP contribution >= 0.6 is 0 Å². The number of hydrogen-bond acceptors (Lipinski definition) is 2. The summed E-state index contributed by atoms with van der Waals surface area (Å²) in [6.07, 6.45) is -2.52. The third-order valence-electron chi connectivity index (χ3n) is 3.54. The predicted octanol–water partition coefficient (Wildman–Crippen LogP) is 2.53. The van der Waals surface area contributed by atoms with Gasteiger partial charge < -0.3 is 10.2 Å². The molecule has 0 bridgehead atoms. The quantitative estimate of drug-likeness (QED) is 0.926. The molecular formula is C14H17F3N2O. The van der Waals surface area contributed by atoms with E-state index in [1.54, 1.807) is 4.90 Å². The first-order chi connectivity index (χ1) is 9.43. The Kier molecular flexibility index (Phi) is 4.32. The minimum absolute atomic E-state index is 0.120. The molecule has 6 heteroatoms. The third-order valence-corrected chi connectivity index (χ3v) is 3.54. The van der Waals surface area contributed by atoms with Crippen LogP contribution in [0.5, 0.6) is 0 Å². The first kappa shape index (κ1) is 14.8. The number of amides is 1. The van der Waals surface area contributed by atoms with Gasteiger partial charge in [0.05, 0.1) is 5.56 Å². The fourth-order valence-electron chi connectivity index (χ4n) is 2.52. The van der Waals surface area contributed by atoms with E-state index in [0.717, 1.165) is 25.0 Å². The highest BCUT2D eigenvalue weighted by molar-refractivity contribution is 5.94. The van der Waals surface area contributed by atoms with Crippen LogP contribution in [0.15, 0.2) is 24.3 Å². The minimum Gasteiger partial charge on any atom is -0.334 e. The molecule has 1 atom stereocenters.